The van der Waals surface area contributed by atoms with Crippen molar-refractivity contribution in [2.45, 2.75) is 39.0 Å². The van der Waals surface area contributed by atoms with Crippen LogP contribution in [0.15, 0.2) is 24.5 Å². The van der Waals surface area contributed by atoms with Crippen molar-refractivity contribution in [1.82, 2.24) is 20.3 Å². The Morgan fingerprint density at radius 3 is 3.07 bits per heavy atom. The van der Waals surface area contributed by atoms with Gasteiger partial charge in [0.05, 0.1) is 5.39 Å². The van der Waals surface area contributed by atoms with Gasteiger partial charge in [0.1, 0.15) is 10.6 Å². The second kappa shape index (κ2) is 7.71. The van der Waals surface area contributed by atoms with E-state index in [1.165, 1.54) is 22.2 Å². The molecule has 0 radical (unpaired) electrons. The number of pyridine rings is 1. The maximum Gasteiger partial charge on any atom is 0.216 e. The molecule has 150 valence electrons. The molecule has 1 aliphatic heterocycles. The van der Waals surface area contributed by atoms with Crippen LogP contribution in [0.1, 0.15) is 36.6 Å². The predicted molar refractivity (Wildman–Crippen MR) is 116 cm³/mol. The average molecular weight is 408 g/mol. The van der Waals surface area contributed by atoms with Crippen molar-refractivity contribution in [3.63, 3.8) is 0 Å². The fourth-order valence-electron chi connectivity index (χ4n) is 4.54. The molecular formula is C22H25N5OS. The number of nitrogens with zero attached hydrogens (tertiary/aromatic N) is 4. The van der Waals surface area contributed by atoms with E-state index in [1.54, 1.807) is 13.1 Å². The maximum absolute atomic E-state index is 11.4. The number of amides is 1. The van der Waals surface area contributed by atoms with Gasteiger partial charge in [-0.05, 0) is 55.7 Å². The van der Waals surface area contributed by atoms with E-state index in [2.05, 4.69) is 15.2 Å². The minimum absolute atomic E-state index is 0.0427. The zero-order valence-electron chi connectivity index (χ0n) is 16.6. The van der Waals surface area contributed by atoms with Crippen LogP contribution in [0.5, 0.6) is 0 Å². The van der Waals surface area contributed by atoms with Gasteiger partial charge in [-0.25, -0.2) is 9.97 Å². The van der Waals surface area contributed by atoms with E-state index in [4.69, 9.17) is 9.97 Å². The van der Waals surface area contributed by atoms with Crippen LogP contribution in [-0.4, -0.2) is 40.5 Å². The van der Waals surface area contributed by atoms with Crippen LogP contribution in [0, 0.1) is 5.92 Å². The molecule has 1 atom stereocenters. The van der Waals surface area contributed by atoms with Gasteiger partial charge >= 0.3 is 0 Å². The van der Waals surface area contributed by atoms with Gasteiger partial charge < -0.3 is 10.2 Å². The van der Waals surface area contributed by atoms with E-state index >= 15 is 0 Å². The normalized spacial score (nSPS) is 18.8. The first-order valence-corrected chi connectivity index (χ1v) is 11.2. The summed E-state index contributed by atoms with van der Waals surface area (Å²) in [6.07, 6.45) is 9.38. The Hall–Kier alpha value is -2.54. The van der Waals surface area contributed by atoms with Crippen molar-refractivity contribution in [2.24, 2.45) is 5.92 Å². The van der Waals surface area contributed by atoms with E-state index in [1.807, 2.05) is 29.7 Å². The average Bonchev–Trinajstić information content (AvgIpc) is 3.33. The zero-order chi connectivity index (χ0) is 19.8. The van der Waals surface area contributed by atoms with Crippen molar-refractivity contribution in [3.8, 4) is 11.4 Å². The second-order valence-electron chi connectivity index (χ2n) is 8.04. The minimum Gasteiger partial charge on any atom is -0.356 e. The summed E-state index contributed by atoms with van der Waals surface area (Å²) in [5.41, 5.74) is 2.41. The first kappa shape index (κ1) is 18.5. The summed E-state index contributed by atoms with van der Waals surface area (Å²) >= 11 is 1.83. The molecule has 0 aromatic carbocycles. The molecule has 4 heterocycles. The molecular weight excluding hydrogens is 382 g/mol. The number of carbonyl (C=O) groups is 1. The Kier molecular flexibility index (Phi) is 4.91. The lowest BCUT2D eigenvalue weighted by molar-refractivity contribution is -0.119. The summed E-state index contributed by atoms with van der Waals surface area (Å²) < 4.78 is 0. The van der Waals surface area contributed by atoms with Crippen LogP contribution >= 0.6 is 11.3 Å². The Morgan fingerprint density at radius 1 is 1.31 bits per heavy atom. The maximum atomic E-state index is 11.4. The van der Waals surface area contributed by atoms with Crippen molar-refractivity contribution in [2.75, 3.05) is 24.5 Å². The fraction of sp³-hybridized carbons (Fsp3) is 0.455. The van der Waals surface area contributed by atoms with Crippen molar-refractivity contribution in [1.29, 1.82) is 0 Å². The number of carbonyl (C=O) groups excluding carboxylic acids is 1. The van der Waals surface area contributed by atoms with Gasteiger partial charge in [0.15, 0.2) is 5.82 Å². The van der Waals surface area contributed by atoms with E-state index in [-0.39, 0.29) is 5.91 Å². The Labute approximate surface area is 174 Å². The van der Waals surface area contributed by atoms with E-state index in [0.29, 0.717) is 5.92 Å². The molecule has 5 rings (SSSR count). The molecule has 1 amide bonds. The fourth-order valence-corrected chi connectivity index (χ4v) is 5.80. The molecule has 3 aromatic rings. The summed E-state index contributed by atoms with van der Waals surface area (Å²) in [4.78, 5) is 30.6. The largest absolute Gasteiger partial charge is 0.356 e. The number of nitrogens with one attached hydrogen (secondary N) is 1. The number of aryl methyl sites for hydroxylation is 2. The molecule has 1 aliphatic carbocycles. The molecule has 1 saturated heterocycles. The number of piperidine rings is 1. The second-order valence-corrected chi connectivity index (χ2v) is 9.12. The quantitative estimate of drug-likeness (QED) is 0.716. The van der Waals surface area contributed by atoms with Gasteiger partial charge in [-0.3, -0.25) is 9.78 Å². The van der Waals surface area contributed by atoms with Crippen LogP contribution in [0.3, 0.4) is 0 Å². The highest BCUT2D eigenvalue weighted by Crippen LogP contribution is 2.42. The predicted octanol–water partition coefficient (Wildman–Crippen LogP) is 3.59. The van der Waals surface area contributed by atoms with E-state index < -0.39 is 0 Å². The lowest BCUT2D eigenvalue weighted by Crippen LogP contribution is -2.41. The van der Waals surface area contributed by atoms with Crippen molar-refractivity contribution >= 4 is 33.3 Å². The molecule has 6 nitrogen and oxygen atoms in total. The van der Waals surface area contributed by atoms with Crippen LogP contribution in [0.25, 0.3) is 21.6 Å². The highest BCUT2D eigenvalue weighted by atomic mass is 32.1. The molecule has 7 heteroatoms. The zero-order valence-corrected chi connectivity index (χ0v) is 17.5. The minimum atomic E-state index is 0.0427. The molecule has 2 aliphatic rings. The van der Waals surface area contributed by atoms with Crippen molar-refractivity contribution in [3.05, 3.63) is 35.0 Å². The number of hydrogen-bond donors (Lipinski definition) is 1. The van der Waals surface area contributed by atoms with Gasteiger partial charge in [0.25, 0.3) is 0 Å². The molecule has 29 heavy (non-hydrogen) atoms. The highest BCUT2D eigenvalue weighted by Gasteiger charge is 2.28. The number of anilines is 1. The smallest absolute Gasteiger partial charge is 0.216 e. The molecule has 1 fully saturated rings. The summed E-state index contributed by atoms with van der Waals surface area (Å²) in [6.45, 7) is 4.24. The third-order valence-corrected chi connectivity index (χ3v) is 7.11. The van der Waals surface area contributed by atoms with Gasteiger partial charge in [-0.1, -0.05) is 0 Å². The monoisotopic (exact) mass is 407 g/mol. The van der Waals surface area contributed by atoms with Gasteiger partial charge in [-0.2, -0.15) is 0 Å². The number of hydrogen-bond acceptors (Lipinski definition) is 6. The third kappa shape index (κ3) is 3.59. The summed E-state index contributed by atoms with van der Waals surface area (Å²) in [7, 11) is 0. The Balaban J connectivity index is 1.57. The molecule has 1 unspecified atom stereocenters. The standard InChI is InChI=1S/C22H25N5OS/c1-14(28)24-11-15-5-4-10-27(13-15)21-19-17-7-2-8-18(17)29-22(19)26-20(25-21)16-6-3-9-23-12-16/h3,6,9,12,15H,2,4-5,7-8,10-11,13H2,1H3,(H,24,28). The van der Waals surface area contributed by atoms with Crippen LogP contribution in [0.2, 0.25) is 0 Å². The molecule has 0 saturated carbocycles. The molecule has 3 aromatic heterocycles. The molecule has 0 bridgehead atoms. The first-order valence-electron chi connectivity index (χ1n) is 10.4. The first-order chi connectivity index (χ1) is 14.2. The van der Waals surface area contributed by atoms with Crippen LogP contribution < -0.4 is 10.2 Å². The third-order valence-electron chi connectivity index (χ3n) is 5.92. The Bertz CT molecular complexity index is 1050. The van der Waals surface area contributed by atoms with Crippen LogP contribution in [0.4, 0.5) is 5.82 Å². The lowest BCUT2D eigenvalue weighted by atomic mass is 9.97. The number of fused-ring (bicyclic) bond motifs is 3. The summed E-state index contributed by atoms with van der Waals surface area (Å²) in [5, 5.41) is 4.25. The van der Waals surface area contributed by atoms with E-state index in [0.717, 1.165) is 67.4 Å². The number of aromatic nitrogens is 3. The van der Waals surface area contributed by atoms with Gasteiger partial charge in [0.2, 0.25) is 5.91 Å². The van der Waals surface area contributed by atoms with E-state index in [9.17, 15) is 4.79 Å². The van der Waals surface area contributed by atoms with Crippen molar-refractivity contribution < 1.29 is 4.79 Å². The number of thiophene rings is 1. The van der Waals surface area contributed by atoms with Gasteiger partial charge in [-0.15, -0.1) is 11.3 Å². The SMILES string of the molecule is CC(=O)NCC1CCCN(c2nc(-c3cccnc3)nc3sc4c(c23)CCC4)C1. The summed E-state index contributed by atoms with van der Waals surface area (Å²) in [6, 6.07) is 3.95. The lowest BCUT2D eigenvalue weighted by Gasteiger charge is -2.34. The Morgan fingerprint density at radius 2 is 2.24 bits per heavy atom. The number of rotatable bonds is 4. The molecule has 0 spiro atoms. The highest BCUT2D eigenvalue weighted by molar-refractivity contribution is 7.19. The topological polar surface area (TPSA) is 71.0 Å². The summed E-state index contributed by atoms with van der Waals surface area (Å²) in [5.74, 6) is 2.32. The van der Waals surface area contributed by atoms with Gasteiger partial charge in [0, 0.05) is 49.4 Å². The van der Waals surface area contributed by atoms with Crippen LogP contribution in [-0.2, 0) is 17.6 Å². The molecule has 1 N–H and O–H groups in total.